The maximum Gasteiger partial charge on any atom is 0.416 e. The Morgan fingerprint density at radius 1 is 0.937 bits per heavy atom. The van der Waals surface area contributed by atoms with Gasteiger partial charge in [0.2, 0.25) is 5.78 Å². The number of hydrogen-bond acceptors (Lipinski definition) is 8. The van der Waals surface area contributed by atoms with E-state index in [2.05, 4.69) is 32.1 Å². The fraction of sp³-hybridized carbons (Fsp3) is 0.580. The molecule has 2 spiro atoms. The van der Waals surface area contributed by atoms with E-state index < -0.39 is 56.1 Å². The number of aliphatic hydroxyl groups is 2. The van der Waals surface area contributed by atoms with Gasteiger partial charge in [0.1, 0.15) is 5.76 Å². The topological polar surface area (TPSA) is 117 Å². The highest BCUT2D eigenvalue weighted by Crippen LogP contribution is 2.78. The lowest BCUT2D eigenvalue weighted by Gasteiger charge is -2.71. The van der Waals surface area contributed by atoms with Gasteiger partial charge in [0.25, 0.3) is 5.91 Å². The van der Waals surface area contributed by atoms with Crippen LogP contribution in [0.15, 0.2) is 76.1 Å². The number of alkyl halides is 3. The molecule has 336 valence electrons. The molecule has 1 amide bonds. The van der Waals surface area contributed by atoms with Gasteiger partial charge in [-0.3, -0.25) is 14.4 Å². The van der Waals surface area contributed by atoms with Crippen LogP contribution >= 0.6 is 22.9 Å². The van der Waals surface area contributed by atoms with Crippen LogP contribution in [0.3, 0.4) is 0 Å². The van der Waals surface area contributed by atoms with Crippen molar-refractivity contribution in [2.45, 2.75) is 122 Å². The fourth-order valence-electron chi connectivity index (χ4n) is 14.5. The number of hydrogen-bond donors (Lipinski definition) is 2. The summed E-state index contributed by atoms with van der Waals surface area (Å²) in [7, 11) is 0. The zero-order valence-corrected chi connectivity index (χ0v) is 37.9. The van der Waals surface area contributed by atoms with Gasteiger partial charge in [0.05, 0.1) is 34.3 Å². The molecule has 8 nitrogen and oxygen atoms in total. The molecular formula is C50H55ClF3NO7S. The highest BCUT2D eigenvalue weighted by molar-refractivity contribution is 7.09. The minimum Gasteiger partial charge on any atom is -0.453 e. The molecule has 5 fully saturated rings. The summed E-state index contributed by atoms with van der Waals surface area (Å²) in [5.41, 5.74) is -7.29. The Kier molecular flexibility index (Phi) is 9.37. The molecular weight excluding hydrogens is 851 g/mol. The lowest BCUT2D eigenvalue weighted by molar-refractivity contribution is -0.187. The van der Waals surface area contributed by atoms with Crippen molar-refractivity contribution in [3.63, 3.8) is 0 Å². The Morgan fingerprint density at radius 3 is 2.35 bits per heavy atom. The van der Waals surface area contributed by atoms with Gasteiger partial charge in [0, 0.05) is 44.2 Å². The van der Waals surface area contributed by atoms with Gasteiger partial charge >= 0.3 is 12.1 Å². The number of rotatable bonds is 9. The van der Waals surface area contributed by atoms with Crippen molar-refractivity contribution in [2.75, 3.05) is 13.1 Å². The van der Waals surface area contributed by atoms with E-state index in [0.29, 0.717) is 69.9 Å². The second-order valence-electron chi connectivity index (χ2n) is 21.2. The van der Waals surface area contributed by atoms with Gasteiger partial charge in [-0.25, -0.2) is 0 Å². The Bertz CT molecular complexity index is 2500. The van der Waals surface area contributed by atoms with Gasteiger partial charge < -0.3 is 24.3 Å². The number of aliphatic hydroxyl groups excluding tert-OH is 1. The number of halogens is 4. The second-order valence-corrected chi connectivity index (χ2v) is 22.7. The van der Waals surface area contributed by atoms with Gasteiger partial charge in [0.15, 0.2) is 11.4 Å². The Hall–Kier alpha value is -3.71. The summed E-state index contributed by atoms with van der Waals surface area (Å²) in [6.07, 6.45) is 6.84. The van der Waals surface area contributed by atoms with Crippen molar-refractivity contribution in [3.8, 4) is 11.3 Å². The first kappa shape index (κ1) is 43.2. The summed E-state index contributed by atoms with van der Waals surface area (Å²) >= 11 is 8.03. The summed E-state index contributed by atoms with van der Waals surface area (Å²) in [6, 6.07) is 9.97. The molecule has 4 saturated carbocycles. The van der Waals surface area contributed by atoms with Gasteiger partial charge in [-0.1, -0.05) is 63.6 Å². The summed E-state index contributed by atoms with van der Waals surface area (Å²) in [4.78, 5) is 46.8. The van der Waals surface area contributed by atoms with Crippen LogP contribution in [0.25, 0.3) is 11.3 Å². The van der Waals surface area contributed by atoms with Gasteiger partial charge in [-0.15, -0.1) is 11.3 Å². The molecule has 2 aromatic heterocycles. The molecule has 0 radical (unpaired) electrons. The summed E-state index contributed by atoms with van der Waals surface area (Å²) in [5.74, 6) is -1.31. The number of carbonyl (C=O) groups is 3. The highest BCUT2D eigenvalue weighted by atomic mass is 35.5. The standard InChI is InChI=1S/C50H55ClF3NO7S/c1-42(2)45(5)19-22-49(42,62-41(45)59)40(58)55(23-15-31-7-6-24-63-31)28-47(60)18-14-38-44(47,4)17-13-37-43(3)16-12-30(56)26-46(43)20-21-48(37,38)33(27-46)39(57)36-11-10-35(61-36)32-25-29(50(52,53)54)8-9-34(32)51/h6-11,20-21,24-25,27,30,37-38,56,60H,12-19,22-23,26,28H2,1-5H3/t30?,37-,38-,43-,44+,45+,46+,47-,48-,49-/m1/s1. The summed E-state index contributed by atoms with van der Waals surface area (Å²) in [5, 5.41) is 26.6. The monoisotopic (exact) mass is 905 g/mol. The minimum absolute atomic E-state index is 0.0176. The van der Waals surface area contributed by atoms with Crippen molar-refractivity contribution in [1.82, 2.24) is 4.90 Å². The molecule has 10 atom stereocenters. The van der Waals surface area contributed by atoms with Gasteiger partial charge in [-0.2, -0.15) is 13.2 Å². The molecule has 3 aromatic rings. The number of thiophene rings is 1. The van der Waals surface area contributed by atoms with E-state index in [0.717, 1.165) is 23.4 Å². The molecule has 3 heterocycles. The van der Waals surface area contributed by atoms with Crippen molar-refractivity contribution < 1.29 is 46.9 Å². The van der Waals surface area contributed by atoms with Crippen molar-refractivity contribution >= 4 is 40.6 Å². The average Bonchev–Trinajstić information content (AvgIpc) is 4.04. The van der Waals surface area contributed by atoms with E-state index in [1.54, 1.807) is 16.2 Å². The van der Waals surface area contributed by atoms with Crippen LogP contribution in [-0.4, -0.2) is 63.2 Å². The number of amides is 1. The van der Waals surface area contributed by atoms with E-state index in [9.17, 15) is 28.2 Å². The van der Waals surface area contributed by atoms with Crippen LogP contribution < -0.4 is 0 Å². The van der Waals surface area contributed by atoms with Crippen LogP contribution in [0.5, 0.6) is 0 Å². The SMILES string of the molecule is CC1(C)[C@@]2(C)CC[C@]1(C(=O)N(CCc1cccs1)C[C@]1(O)CC[C@H]3[C@]45C=C[C@@]6(C=C4C(=O)c4ccc(-c7cc(C(F)(F)F)ccc7Cl)o4)CC(O)CC[C@]6(C)[C@H]5CC[C@@]31C)OC2=O. The quantitative estimate of drug-likeness (QED) is 0.125. The molecule has 1 unspecified atom stereocenters. The zero-order chi connectivity index (χ0) is 45.0. The van der Waals surface area contributed by atoms with Gasteiger partial charge in [-0.05, 0) is 130 Å². The molecule has 1 aliphatic heterocycles. The number of allylic oxidation sites excluding steroid dienone is 4. The first-order valence-electron chi connectivity index (χ1n) is 22.4. The maximum atomic E-state index is 15.3. The van der Waals surface area contributed by atoms with E-state index in [4.69, 9.17) is 20.8 Å². The second kappa shape index (κ2) is 13.7. The van der Waals surface area contributed by atoms with Crippen molar-refractivity contribution in [3.05, 3.63) is 92.9 Å². The van der Waals surface area contributed by atoms with E-state index in [1.165, 1.54) is 18.2 Å². The van der Waals surface area contributed by atoms with Crippen LogP contribution in [0.4, 0.5) is 13.2 Å². The van der Waals surface area contributed by atoms with E-state index in [-0.39, 0.29) is 63.6 Å². The smallest absolute Gasteiger partial charge is 0.416 e. The van der Waals surface area contributed by atoms with Crippen molar-refractivity contribution in [2.24, 2.45) is 44.3 Å². The van der Waals surface area contributed by atoms with E-state index in [1.807, 2.05) is 38.3 Å². The number of nitrogens with zero attached hydrogens (tertiary/aromatic N) is 1. The van der Waals surface area contributed by atoms with Crippen LogP contribution in [-0.2, 0) is 26.9 Å². The van der Waals surface area contributed by atoms with Crippen molar-refractivity contribution in [1.29, 1.82) is 0 Å². The van der Waals surface area contributed by atoms with Crippen LogP contribution in [0.1, 0.15) is 113 Å². The lowest BCUT2D eigenvalue weighted by atomic mass is 9.32. The largest absolute Gasteiger partial charge is 0.453 e. The molecule has 7 aliphatic carbocycles. The molecule has 2 N–H and O–H groups in total. The molecule has 11 rings (SSSR count). The molecule has 1 aromatic carbocycles. The average molecular weight is 907 g/mol. The van der Waals surface area contributed by atoms with Crippen LogP contribution in [0, 0.1) is 44.3 Å². The predicted octanol–water partition coefficient (Wildman–Crippen LogP) is 10.6. The summed E-state index contributed by atoms with van der Waals surface area (Å²) in [6.45, 7) is 10.5. The number of Topliss-reactive ketones (excluding diaryl/α,β-unsaturated/α-hetero) is 1. The Labute approximate surface area is 374 Å². The maximum absolute atomic E-state index is 15.3. The number of carbonyl (C=O) groups excluding carboxylic acids is 3. The first-order chi connectivity index (χ1) is 29.5. The summed E-state index contributed by atoms with van der Waals surface area (Å²) < 4.78 is 53.6. The Balaban J connectivity index is 1.04. The number of furan rings is 1. The fourth-order valence-corrected chi connectivity index (χ4v) is 15.4. The minimum atomic E-state index is -4.61. The zero-order valence-electron chi connectivity index (χ0n) is 36.4. The molecule has 8 aliphatic rings. The molecule has 4 bridgehead atoms. The number of esters is 1. The third kappa shape index (κ3) is 5.56. The normalized spacial score (nSPS) is 39.4. The lowest BCUT2D eigenvalue weighted by Crippen LogP contribution is -2.68. The molecule has 63 heavy (non-hydrogen) atoms. The third-order valence-electron chi connectivity index (χ3n) is 18.7. The Morgan fingerprint density at radius 2 is 1.67 bits per heavy atom. The number of ether oxygens (including phenoxy) is 1. The first-order valence-corrected chi connectivity index (χ1v) is 23.7. The number of ketones is 1. The predicted molar refractivity (Wildman–Crippen MR) is 232 cm³/mol. The highest BCUT2D eigenvalue weighted by Gasteiger charge is 2.78. The van der Waals surface area contributed by atoms with E-state index >= 15 is 9.59 Å². The molecule has 1 saturated heterocycles. The number of benzene rings is 1. The van der Waals surface area contributed by atoms with Crippen LogP contribution in [0.2, 0.25) is 5.02 Å². The number of fused-ring (bicyclic) bond motifs is 3. The third-order valence-corrected chi connectivity index (χ3v) is 20.0. The molecule has 13 heteroatoms.